The lowest BCUT2D eigenvalue weighted by Gasteiger charge is -2.31. The van der Waals surface area contributed by atoms with Gasteiger partial charge in [0.25, 0.3) is 5.91 Å². The molecule has 3 heterocycles. The Labute approximate surface area is 166 Å². The molecule has 1 saturated carbocycles. The smallest absolute Gasteiger partial charge is 0.257 e. The molecule has 0 radical (unpaired) electrons. The summed E-state index contributed by atoms with van der Waals surface area (Å²) in [6.45, 7) is 2.59. The molecule has 2 atom stereocenters. The van der Waals surface area contributed by atoms with Gasteiger partial charge in [-0.15, -0.1) is 0 Å². The minimum absolute atomic E-state index is 0.0696. The number of benzene rings is 1. The maximum atomic E-state index is 13.1. The summed E-state index contributed by atoms with van der Waals surface area (Å²) < 4.78 is 0. The topological polar surface area (TPSA) is 61.4 Å². The average molecular weight is 380 g/mol. The van der Waals surface area contributed by atoms with E-state index < -0.39 is 0 Å². The van der Waals surface area contributed by atoms with Crippen molar-refractivity contribution in [2.75, 3.05) is 19.6 Å². The summed E-state index contributed by atoms with van der Waals surface area (Å²) in [5.41, 5.74) is 4.18. The fraction of sp³-hybridized carbons (Fsp3) is 0.565. The van der Waals surface area contributed by atoms with E-state index in [0.29, 0.717) is 11.7 Å². The number of rotatable bonds is 3. The zero-order valence-corrected chi connectivity index (χ0v) is 16.4. The van der Waals surface area contributed by atoms with E-state index in [1.807, 2.05) is 29.3 Å². The molecule has 5 nitrogen and oxygen atoms in total. The maximum Gasteiger partial charge on any atom is 0.257 e. The number of amides is 1. The number of nitrogens with zero attached hydrogens (tertiary/aromatic N) is 1. The molecule has 1 amide bonds. The first kappa shape index (κ1) is 17.9. The van der Waals surface area contributed by atoms with Crippen molar-refractivity contribution in [2.45, 2.75) is 51.0 Å². The minimum Gasteiger partial charge on any atom is -0.387 e. The average Bonchev–Trinajstić information content (AvgIpc) is 3.35. The molecule has 1 aromatic carbocycles. The van der Waals surface area contributed by atoms with Gasteiger partial charge in [-0.2, -0.15) is 0 Å². The quantitative estimate of drug-likeness (QED) is 0.848. The van der Waals surface area contributed by atoms with Crippen molar-refractivity contribution in [3.63, 3.8) is 0 Å². The minimum atomic E-state index is -0.200. The Morgan fingerprint density at radius 2 is 1.89 bits per heavy atom. The van der Waals surface area contributed by atoms with Gasteiger partial charge in [-0.1, -0.05) is 25.3 Å². The Balaban J connectivity index is 1.36. The molecule has 28 heavy (non-hydrogen) atoms. The summed E-state index contributed by atoms with van der Waals surface area (Å²) in [6, 6.07) is 5.76. The Hall–Kier alpha value is -2.14. The van der Waals surface area contributed by atoms with Gasteiger partial charge in [-0.3, -0.25) is 9.59 Å². The Kier molecular flexibility index (Phi) is 4.71. The second-order valence-corrected chi connectivity index (χ2v) is 8.74. The number of Topliss-reactive ketones (excluding diaryl/α,β-unsaturated/α-hetero) is 1. The van der Waals surface area contributed by atoms with Crippen molar-refractivity contribution in [1.82, 2.24) is 15.5 Å². The first-order valence-corrected chi connectivity index (χ1v) is 10.9. The van der Waals surface area contributed by atoms with E-state index in [1.54, 1.807) is 0 Å². The summed E-state index contributed by atoms with van der Waals surface area (Å²) in [5, 5.41) is 6.82. The highest BCUT2D eigenvalue weighted by Crippen LogP contribution is 2.33. The van der Waals surface area contributed by atoms with Crippen molar-refractivity contribution in [1.29, 1.82) is 0 Å². The Morgan fingerprint density at radius 1 is 1.04 bits per heavy atom. The van der Waals surface area contributed by atoms with Crippen molar-refractivity contribution in [3.8, 4) is 0 Å². The SMILES string of the molecule is O=C(C1CCCCC1)C1NCCc2cc(C(=O)N3C=C4NCCC4C3)ccc21. The number of nitrogens with one attached hydrogen (secondary N) is 2. The van der Waals surface area contributed by atoms with Crippen LogP contribution in [0.4, 0.5) is 0 Å². The van der Waals surface area contributed by atoms with Crippen LogP contribution in [0.3, 0.4) is 0 Å². The molecule has 4 aliphatic rings. The third kappa shape index (κ3) is 3.16. The molecule has 148 valence electrons. The Bertz CT molecular complexity index is 825. The van der Waals surface area contributed by atoms with Gasteiger partial charge in [-0.05, 0) is 48.9 Å². The lowest BCUT2D eigenvalue weighted by atomic mass is 9.80. The van der Waals surface area contributed by atoms with Gasteiger partial charge >= 0.3 is 0 Å². The molecule has 2 fully saturated rings. The molecule has 0 aromatic heterocycles. The third-order valence-electron chi connectivity index (χ3n) is 6.97. The fourth-order valence-electron chi connectivity index (χ4n) is 5.37. The number of hydrogen-bond donors (Lipinski definition) is 2. The largest absolute Gasteiger partial charge is 0.387 e. The van der Waals surface area contributed by atoms with Crippen molar-refractivity contribution in [3.05, 3.63) is 46.8 Å². The molecule has 1 saturated heterocycles. The second-order valence-electron chi connectivity index (χ2n) is 8.74. The number of carbonyl (C=O) groups is 2. The van der Waals surface area contributed by atoms with E-state index in [9.17, 15) is 9.59 Å². The van der Waals surface area contributed by atoms with Crippen LogP contribution in [-0.4, -0.2) is 36.2 Å². The molecular formula is C23H29N3O2. The highest BCUT2D eigenvalue weighted by molar-refractivity contribution is 5.96. The number of fused-ring (bicyclic) bond motifs is 2. The fourth-order valence-corrected chi connectivity index (χ4v) is 5.37. The Morgan fingerprint density at radius 3 is 2.71 bits per heavy atom. The lowest BCUT2D eigenvalue weighted by molar-refractivity contribution is -0.126. The molecule has 5 rings (SSSR count). The first-order chi connectivity index (χ1) is 13.7. The van der Waals surface area contributed by atoms with Crippen LogP contribution in [0.15, 0.2) is 30.1 Å². The third-order valence-corrected chi connectivity index (χ3v) is 6.97. The first-order valence-electron chi connectivity index (χ1n) is 10.9. The number of ketones is 1. The standard InChI is InChI=1S/C23H29N3O2/c27-22(15-4-2-1-3-5-15)21-19-7-6-17(12-16(19)8-11-25-21)23(28)26-13-18-9-10-24-20(18)14-26/h6-7,12,14-15,18,21,24-25H,1-5,8-11,13H2. The molecule has 1 aliphatic carbocycles. The summed E-state index contributed by atoms with van der Waals surface area (Å²) in [5.74, 6) is 1.09. The van der Waals surface area contributed by atoms with E-state index in [-0.39, 0.29) is 17.9 Å². The van der Waals surface area contributed by atoms with Gasteiger partial charge in [0.2, 0.25) is 0 Å². The zero-order valence-electron chi connectivity index (χ0n) is 16.4. The van der Waals surface area contributed by atoms with Crippen LogP contribution in [0.25, 0.3) is 0 Å². The van der Waals surface area contributed by atoms with Gasteiger partial charge in [0.05, 0.1) is 6.04 Å². The number of hydrogen-bond acceptors (Lipinski definition) is 4. The molecule has 5 heteroatoms. The molecule has 2 N–H and O–H groups in total. The molecule has 1 aromatic rings. The van der Waals surface area contributed by atoms with E-state index >= 15 is 0 Å². The van der Waals surface area contributed by atoms with Crippen LogP contribution in [0.2, 0.25) is 0 Å². The van der Waals surface area contributed by atoms with Crippen LogP contribution in [0.5, 0.6) is 0 Å². The van der Waals surface area contributed by atoms with E-state index in [4.69, 9.17) is 0 Å². The van der Waals surface area contributed by atoms with Gasteiger partial charge in [0.15, 0.2) is 5.78 Å². The predicted octanol–water partition coefficient (Wildman–Crippen LogP) is 2.93. The van der Waals surface area contributed by atoms with E-state index in [1.165, 1.54) is 25.0 Å². The summed E-state index contributed by atoms with van der Waals surface area (Å²) in [6.07, 6.45) is 9.62. The molecule has 0 bridgehead atoms. The summed E-state index contributed by atoms with van der Waals surface area (Å²) >= 11 is 0. The van der Waals surface area contributed by atoms with E-state index in [2.05, 4.69) is 10.6 Å². The summed E-state index contributed by atoms with van der Waals surface area (Å²) in [4.78, 5) is 27.9. The maximum absolute atomic E-state index is 13.1. The van der Waals surface area contributed by atoms with Gasteiger partial charge < -0.3 is 15.5 Å². The predicted molar refractivity (Wildman–Crippen MR) is 108 cm³/mol. The van der Waals surface area contributed by atoms with Crippen molar-refractivity contribution >= 4 is 11.7 Å². The summed E-state index contributed by atoms with van der Waals surface area (Å²) in [7, 11) is 0. The van der Waals surface area contributed by atoms with E-state index in [0.717, 1.165) is 62.0 Å². The molecule has 2 unspecified atom stereocenters. The second kappa shape index (κ2) is 7.36. The van der Waals surface area contributed by atoms with Gasteiger partial charge in [0.1, 0.15) is 0 Å². The lowest BCUT2D eigenvalue weighted by Crippen LogP contribution is -2.38. The normalized spacial score (nSPS) is 27.0. The number of carbonyl (C=O) groups excluding carboxylic acids is 2. The van der Waals surface area contributed by atoms with Gasteiger partial charge in [-0.25, -0.2) is 0 Å². The van der Waals surface area contributed by atoms with Crippen LogP contribution >= 0.6 is 0 Å². The highest BCUT2D eigenvalue weighted by atomic mass is 16.2. The van der Waals surface area contributed by atoms with Crippen LogP contribution in [0, 0.1) is 11.8 Å². The van der Waals surface area contributed by atoms with Crippen LogP contribution < -0.4 is 10.6 Å². The molecular weight excluding hydrogens is 350 g/mol. The van der Waals surface area contributed by atoms with Crippen LogP contribution in [-0.2, 0) is 11.2 Å². The van der Waals surface area contributed by atoms with Crippen LogP contribution in [0.1, 0.15) is 66.1 Å². The zero-order chi connectivity index (χ0) is 19.1. The molecule has 0 spiro atoms. The van der Waals surface area contributed by atoms with Gasteiger partial charge in [0, 0.05) is 48.9 Å². The monoisotopic (exact) mass is 379 g/mol. The highest BCUT2D eigenvalue weighted by Gasteiger charge is 2.34. The molecule has 3 aliphatic heterocycles. The van der Waals surface area contributed by atoms with Crippen molar-refractivity contribution < 1.29 is 9.59 Å². The van der Waals surface area contributed by atoms with Crippen molar-refractivity contribution in [2.24, 2.45) is 11.8 Å².